The summed E-state index contributed by atoms with van der Waals surface area (Å²) in [4.78, 5) is 0. The van der Waals surface area contributed by atoms with Gasteiger partial charge in [0.05, 0.1) is 17.6 Å². The van der Waals surface area contributed by atoms with Gasteiger partial charge in [-0.25, -0.2) is 4.39 Å². The number of hydrogen-bond acceptors (Lipinski definition) is 2. The van der Waals surface area contributed by atoms with Gasteiger partial charge in [0, 0.05) is 4.47 Å². The van der Waals surface area contributed by atoms with Gasteiger partial charge in [0.25, 0.3) is 0 Å². The smallest absolute Gasteiger partial charge is 0.124 e. The molecule has 21 heavy (non-hydrogen) atoms. The molecule has 1 atom stereocenters. The van der Waals surface area contributed by atoms with E-state index >= 15 is 0 Å². The normalized spacial score (nSPS) is 27.1. The Balaban J connectivity index is 2.20. The number of nitriles is 1. The zero-order chi connectivity index (χ0) is 15.5. The predicted octanol–water partition coefficient (Wildman–Crippen LogP) is 5.12. The lowest BCUT2D eigenvalue weighted by Gasteiger charge is -2.38. The molecule has 0 saturated heterocycles. The van der Waals surface area contributed by atoms with Crippen molar-refractivity contribution in [1.29, 1.82) is 5.26 Å². The third kappa shape index (κ3) is 3.46. The molecule has 1 unspecified atom stereocenters. The highest BCUT2D eigenvalue weighted by Gasteiger charge is 2.42. The number of benzene rings is 1. The van der Waals surface area contributed by atoms with Crippen molar-refractivity contribution in [1.82, 2.24) is 0 Å². The summed E-state index contributed by atoms with van der Waals surface area (Å²) in [6.07, 6.45) is 4.86. The molecular formula is C17H21BrFNO. The van der Waals surface area contributed by atoms with Crippen molar-refractivity contribution in [3.63, 3.8) is 0 Å². The van der Waals surface area contributed by atoms with Crippen molar-refractivity contribution in [3.8, 4) is 6.07 Å². The molecule has 1 aliphatic rings. The Kier molecular flexibility index (Phi) is 5.40. The van der Waals surface area contributed by atoms with E-state index in [1.807, 2.05) is 0 Å². The van der Waals surface area contributed by atoms with E-state index in [0.29, 0.717) is 28.8 Å². The van der Waals surface area contributed by atoms with E-state index in [1.165, 1.54) is 18.6 Å². The van der Waals surface area contributed by atoms with Gasteiger partial charge in [0.2, 0.25) is 0 Å². The summed E-state index contributed by atoms with van der Waals surface area (Å²) in [6.45, 7) is 2.18. The molecule has 0 bridgehead atoms. The molecule has 1 saturated carbocycles. The molecule has 4 heteroatoms. The number of aliphatic hydroxyl groups is 1. The first kappa shape index (κ1) is 16.5. The fourth-order valence-corrected chi connectivity index (χ4v) is 3.92. The highest BCUT2D eigenvalue weighted by atomic mass is 79.9. The highest BCUT2D eigenvalue weighted by molar-refractivity contribution is 9.10. The maximum absolute atomic E-state index is 13.2. The van der Waals surface area contributed by atoms with Gasteiger partial charge in [-0.3, -0.25) is 0 Å². The molecule has 0 amide bonds. The van der Waals surface area contributed by atoms with Crippen LogP contribution < -0.4 is 0 Å². The highest BCUT2D eigenvalue weighted by Crippen LogP contribution is 2.49. The first-order valence-electron chi connectivity index (χ1n) is 7.56. The van der Waals surface area contributed by atoms with E-state index in [9.17, 15) is 14.8 Å². The second kappa shape index (κ2) is 6.89. The van der Waals surface area contributed by atoms with E-state index in [4.69, 9.17) is 0 Å². The van der Waals surface area contributed by atoms with Crippen LogP contribution in [-0.2, 0) is 0 Å². The maximum Gasteiger partial charge on any atom is 0.124 e. The summed E-state index contributed by atoms with van der Waals surface area (Å²) in [6, 6.07) is 6.60. The lowest BCUT2D eigenvalue weighted by molar-refractivity contribution is 0.0231. The quantitative estimate of drug-likeness (QED) is 0.815. The molecule has 0 spiro atoms. The zero-order valence-electron chi connectivity index (χ0n) is 12.3. The van der Waals surface area contributed by atoms with E-state index in [2.05, 4.69) is 28.9 Å². The van der Waals surface area contributed by atoms with Crippen molar-refractivity contribution in [2.24, 2.45) is 11.3 Å². The van der Waals surface area contributed by atoms with Gasteiger partial charge < -0.3 is 5.11 Å². The molecule has 0 aromatic heterocycles. The van der Waals surface area contributed by atoms with Crippen LogP contribution in [0.3, 0.4) is 0 Å². The molecule has 0 radical (unpaired) electrons. The van der Waals surface area contributed by atoms with Crippen LogP contribution in [0.25, 0.3) is 0 Å². The van der Waals surface area contributed by atoms with Gasteiger partial charge in [-0.1, -0.05) is 41.8 Å². The third-order valence-electron chi connectivity index (χ3n) is 4.70. The molecule has 0 aliphatic heterocycles. The maximum atomic E-state index is 13.2. The monoisotopic (exact) mass is 353 g/mol. The van der Waals surface area contributed by atoms with Crippen LogP contribution in [0.15, 0.2) is 22.7 Å². The van der Waals surface area contributed by atoms with Crippen molar-refractivity contribution in [2.75, 3.05) is 0 Å². The first-order chi connectivity index (χ1) is 10.0. The van der Waals surface area contributed by atoms with E-state index < -0.39 is 11.5 Å². The SMILES string of the molecule is CCCC1CCC(C#N)(C(O)c2ccc(F)cc2Br)CC1. The molecule has 2 rings (SSSR count). The minimum atomic E-state index is -0.875. The molecule has 1 aromatic rings. The Morgan fingerprint density at radius 2 is 2.14 bits per heavy atom. The van der Waals surface area contributed by atoms with Crippen LogP contribution in [0.2, 0.25) is 0 Å². The van der Waals surface area contributed by atoms with Gasteiger partial charge >= 0.3 is 0 Å². The Morgan fingerprint density at radius 1 is 1.48 bits per heavy atom. The molecule has 114 valence electrons. The molecular weight excluding hydrogens is 333 g/mol. The number of hydrogen-bond donors (Lipinski definition) is 1. The topological polar surface area (TPSA) is 44.0 Å². The van der Waals surface area contributed by atoms with E-state index in [1.54, 1.807) is 6.07 Å². The minimum absolute atomic E-state index is 0.351. The van der Waals surface area contributed by atoms with Gasteiger partial charge in [-0.2, -0.15) is 5.26 Å². The Hall–Kier alpha value is -0.920. The fraction of sp³-hybridized carbons (Fsp3) is 0.588. The number of aliphatic hydroxyl groups excluding tert-OH is 1. The standard InChI is InChI=1S/C17H21BrFNO/c1-2-3-12-6-8-17(11-20,9-7-12)16(21)14-5-4-13(19)10-15(14)18/h4-5,10,12,16,21H,2-3,6-9H2,1H3. The van der Waals surface area contributed by atoms with Gasteiger partial charge in [-0.05, 0) is 49.3 Å². The van der Waals surface area contributed by atoms with Crippen molar-refractivity contribution in [3.05, 3.63) is 34.1 Å². The molecule has 1 aromatic carbocycles. The van der Waals surface area contributed by atoms with Crippen molar-refractivity contribution >= 4 is 15.9 Å². The van der Waals surface area contributed by atoms with Gasteiger partial charge in [-0.15, -0.1) is 0 Å². The summed E-state index contributed by atoms with van der Waals surface area (Å²) >= 11 is 3.30. The molecule has 2 nitrogen and oxygen atoms in total. The van der Waals surface area contributed by atoms with Crippen molar-refractivity contribution < 1.29 is 9.50 Å². The fourth-order valence-electron chi connectivity index (χ4n) is 3.36. The van der Waals surface area contributed by atoms with Crippen LogP contribution in [-0.4, -0.2) is 5.11 Å². The lowest BCUT2D eigenvalue weighted by Crippen LogP contribution is -2.32. The third-order valence-corrected chi connectivity index (χ3v) is 5.38. The van der Waals surface area contributed by atoms with Gasteiger partial charge in [0.15, 0.2) is 0 Å². The van der Waals surface area contributed by atoms with Gasteiger partial charge in [0.1, 0.15) is 5.82 Å². The van der Waals surface area contributed by atoms with Crippen LogP contribution in [0.4, 0.5) is 4.39 Å². The summed E-state index contributed by atoms with van der Waals surface area (Å²) in [7, 11) is 0. The summed E-state index contributed by atoms with van der Waals surface area (Å²) < 4.78 is 13.7. The Morgan fingerprint density at radius 3 is 2.67 bits per heavy atom. The molecule has 1 fully saturated rings. The average Bonchev–Trinajstić information content (AvgIpc) is 2.48. The predicted molar refractivity (Wildman–Crippen MR) is 84.0 cm³/mol. The Bertz CT molecular complexity index is 532. The molecule has 1 N–H and O–H groups in total. The number of halogens is 2. The first-order valence-corrected chi connectivity index (χ1v) is 8.36. The molecule has 0 heterocycles. The van der Waals surface area contributed by atoms with Crippen molar-refractivity contribution in [2.45, 2.75) is 51.6 Å². The summed E-state index contributed by atoms with van der Waals surface area (Å²) in [5.41, 5.74) is -0.142. The summed E-state index contributed by atoms with van der Waals surface area (Å²) in [5.74, 6) is 0.316. The van der Waals surface area contributed by atoms with Crippen LogP contribution in [0, 0.1) is 28.5 Å². The van der Waals surface area contributed by atoms with E-state index in [0.717, 1.165) is 19.3 Å². The zero-order valence-corrected chi connectivity index (χ0v) is 13.9. The Labute approximate surface area is 134 Å². The minimum Gasteiger partial charge on any atom is -0.387 e. The largest absolute Gasteiger partial charge is 0.387 e. The lowest BCUT2D eigenvalue weighted by atomic mass is 9.66. The van der Waals surface area contributed by atoms with Crippen LogP contribution in [0.1, 0.15) is 57.1 Å². The second-order valence-corrected chi connectivity index (χ2v) is 6.92. The number of nitrogens with zero attached hydrogens (tertiary/aromatic N) is 1. The van der Waals surface area contributed by atoms with E-state index in [-0.39, 0.29) is 5.82 Å². The van der Waals surface area contributed by atoms with Crippen LogP contribution in [0.5, 0.6) is 0 Å². The molecule has 1 aliphatic carbocycles. The summed E-state index contributed by atoms with van der Waals surface area (Å²) in [5, 5.41) is 20.3. The van der Waals surface area contributed by atoms with Crippen LogP contribution >= 0.6 is 15.9 Å². The second-order valence-electron chi connectivity index (χ2n) is 6.07. The number of rotatable bonds is 4. The average molecular weight is 354 g/mol.